The van der Waals surface area contributed by atoms with Crippen LogP contribution in [-0.2, 0) is 0 Å². The molecule has 0 amide bonds. The molecule has 1 rings (SSSR count). The van der Waals surface area contributed by atoms with Gasteiger partial charge in [0.25, 0.3) is 0 Å². The standard InChI is InChI=1S/C8H16N2/c1-8(2)5-3-4-6(9)7(8)10/h3-5,9-10H2,1-2H3. The summed E-state index contributed by atoms with van der Waals surface area (Å²) in [5.74, 6) is 0. The minimum Gasteiger partial charge on any atom is -0.401 e. The average Bonchev–Trinajstić information content (AvgIpc) is 1.83. The van der Waals surface area contributed by atoms with Gasteiger partial charge in [-0.1, -0.05) is 13.8 Å². The van der Waals surface area contributed by atoms with Crippen molar-refractivity contribution in [1.29, 1.82) is 0 Å². The van der Waals surface area contributed by atoms with Gasteiger partial charge in [-0.3, -0.25) is 0 Å². The third-order valence-corrected chi connectivity index (χ3v) is 2.32. The molecule has 0 aromatic rings. The van der Waals surface area contributed by atoms with Crippen molar-refractivity contribution in [2.45, 2.75) is 33.1 Å². The Morgan fingerprint density at radius 2 is 1.90 bits per heavy atom. The van der Waals surface area contributed by atoms with E-state index in [2.05, 4.69) is 13.8 Å². The second kappa shape index (κ2) is 2.19. The van der Waals surface area contributed by atoms with Crippen LogP contribution in [0.3, 0.4) is 0 Å². The van der Waals surface area contributed by atoms with Crippen molar-refractivity contribution in [2.24, 2.45) is 16.9 Å². The van der Waals surface area contributed by atoms with Gasteiger partial charge in [0, 0.05) is 16.8 Å². The Hall–Kier alpha value is -0.660. The van der Waals surface area contributed by atoms with E-state index in [0.717, 1.165) is 17.8 Å². The molecule has 10 heavy (non-hydrogen) atoms. The molecule has 1 aliphatic carbocycles. The van der Waals surface area contributed by atoms with Crippen LogP contribution in [0.2, 0.25) is 0 Å². The van der Waals surface area contributed by atoms with Crippen molar-refractivity contribution in [3.63, 3.8) is 0 Å². The number of rotatable bonds is 0. The number of nitrogens with two attached hydrogens (primary N) is 2. The summed E-state index contributed by atoms with van der Waals surface area (Å²) in [4.78, 5) is 0. The van der Waals surface area contributed by atoms with Crippen LogP contribution in [-0.4, -0.2) is 0 Å². The first-order valence-corrected chi connectivity index (χ1v) is 3.78. The lowest BCUT2D eigenvalue weighted by molar-refractivity contribution is 0.361. The first-order chi connectivity index (χ1) is 4.54. The van der Waals surface area contributed by atoms with Crippen molar-refractivity contribution in [3.05, 3.63) is 11.4 Å². The van der Waals surface area contributed by atoms with Gasteiger partial charge in [0.2, 0.25) is 0 Å². The van der Waals surface area contributed by atoms with Crippen molar-refractivity contribution in [3.8, 4) is 0 Å². The molecule has 0 unspecified atom stereocenters. The molecule has 0 bridgehead atoms. The average molecular weight is 140 g/mol. The Morgan fingerprint density at radius 1 is 1.30 bits per heavy atom. The highest BCUT2D eigenvalue weighted by molar-refractivity contribution is 5.17. The van der Waals surface area contributed by atoms with E-state index in [1.54, 1.807) is 0 Å². The second-order valence-corrected chi connectivity index (χ2v) is 3.68. The Morgan fingerprint density at radius 3 is 2.30 bits per heavy atom. The SMILES string of the molecule is CC1(C)CCCC(N)=C1N. The monoisotopic (exact) mass is 140 g/mol. The zero-order chi connectivity index (χ0) is 7.78. The summed E-state index contributed by atoms with van der Waals surface area (Å²) in [5, 5.41) is 0. The molecule has 0 fully saturated rings. The van der Waals surface area contributed by atoms with Gasteiger partial charge in [0.05, 0.1) is 0 Å². The van der Waals surface area contributed by atoms with E-state index < -0.39 is 0 Å². The molecule has 0 aliphatic heterocycles. The van der Waals surface area contributed by atoms with Crippen LogP contribution in [0.5, 0.6) is 0 Å². The molecule has 4 N–H and O–H groups in total. The van der Waals surface area contributed by atoms with Crippen molar-refractivity contribution >= 4 is 0 Å². The molecule has 1 aliphatic rings. The largest absolute Gasteiger partial charge is 0.401 e. The summed E-state index contributed by atoms with van der Waals surface area (Å²) in [7, 11) is 0. The summed E-state index contributed by atoms with van der Waals surface area (Å²) >= 11 is 0. The van der Waals surface area contributed by atoms with Crippen LogP contribution < -0.4 is 11.5 Å². The third kappa shape index (κ3) is 1.11. The van der Waals surface area contributed by atoms with Gasteiger partial charge in [0.15, 0.2) is 0 Å². The lowest BCUT2D eigenvalue weighted by Gasteiger charge is -2.31. The Bertz CT molecular complexity index is 168. The van der Waals surface area contributed by atoms with Crippen molar-refractivity contribution < 1.29 is 0 Å². The Labute approximate surface area is 62.3 Å². The smallest absolute Gasteiger partial charge is 0.0328 e. The van der Waals surface area contributed by atoms with Crippen LogP contribution in [0.15, 0.2) is 11.4 Å². The molecule has 2 heteroatoms. The fourth-order valence-corrected chi connectivity index (χ4v) is 1.42. The predicted molar refractivity (Wildman–Crippen MR) is 43.0 cm³/mol. The van der Waals surface area contributed by atoms with Gasteiger partial charge in [-0.2, -0.15) is 0 Å². The van der Waals surface area contributed by atoms with Crippen LogP contribution >= 0.6 is 0 Å². The predicted octanol–water partition coefficient (Wildman–Crippen LogP) is 1.33. The minimum absolute atomic E-state index is 0.141. The fraction of sp³-hybridized carbons (Fsp3) is 0.750. The molecule has 0 saturated heterocycles. The molecule has 58 valence electrons. The maximum Gasteiger partial charge on any atom is 0.0328 e. The molecule has 2 nitrogen and oxygen atoms in total. The van der Waals surface area contributed by atoms with Crippen LogP contribution in [0.1, 0.15) is 33.1 Å². The fourth-order valence-electron chi connectivity index (χ4n) is 1.42. The quantitative estimate of drug-likeness (QED) is 0.533. The van der Waals surface area contributed by atoms with E-state index in [1.807, 2.05) is 0 Å². The van der Waals surface area contributed by atoms with E-state index in [1.165, 1.54) is 12.8 Å². The number of allylic oxidation sites excluding steroid dienone is 2. The van der Waals surface area contributed by atoms with Crippen LogP contribution in [0.25, 0.3) is 0 Å². The van der Waals surface area contributed by atoms with E-state index >= 15 is 0 Å². The first-order valence-electron chi connectivity index (χ1n) is 3.78. The number of hydrogen-bond donors (Lipinski definition) is 2. The number of hydrogen-bond acceptors (Lipinski definition) is 2. The molecule has 0 saturated carbocycles. The molecular weight excluding hydrogens is 124 g/mol. The Balaban J connectivity index is 2.89. The van der Waals surface area contributed by atoms with E-state index in [0.29, 0.717) is 0 Å². The van der Waals surface area contributed by atoms with E-state index in [4.69, 9.17) is 11.5 Å². The topological polar surface area (TPSA) is 52.0 Å². The van der Waals surface area contributed by atoms with E-state index in [-0.39, 0.29) is 5.41 Å². The van der Waals surface area contributed by atoms with Crippen molar-refractivity contribution in [1.82, 2.24) is 0 Å². The summed E-state index contributed by atoms with van der Waals surface area (Å²) in [6.07, 6.45) is 3.33. The molecule has 0 heterocycles. The third-order valence-electron chi connectivity index (χ3n) is 2.32. The van der Waals surface area contributed by atoms with Gasteiger partial charge in [0.1, 0.15) is 0 Å². The van der Waals surface area contributed by atoms with Crippen LogP contribution in [0.4, 0.5) is 0 Å². The highest BCUT2D eigenvalue weighted by atomic mass is 14.7. The zero-order valence-electron chi connectivity index (χ0n) is 6.78. The van der Waals surface area contributed by atoms with Gasteiger partial charge < -0.3 is 11.5 Å². The highest BCUT2D eigenvalue weighted by Gasteiger charge is 2.26. The molecule has 0 radical (unpaired) electrons. The summed E-state index contributed by atoms with van der Waals surface area (Å²) in [5.41, 5.74) is 13.5. The summed E-state index contributed by atoms with van der Waals surface area (Å²) in [6.45, 7) is 4.29. The molecule has 0 aromatic carbocycles. The second-order valence-electron chi connectivity index (χ2n) is 3.68. The van der Waals surface area contributed by atoms with E-state index in [9.17, 15) is 0 Å². The van der Waals surface area contributed by atoms with Gasteiger partial charge in [-0.05, 0) is 19.3 Å². The normalized spacial score (nSPS) is 25.0. The summed E-state index contributed by atoms with van der Waals surface area (Å²) in [6, 6.07) is 0. The highest BCUT2D eigenvalue weighted by Crippen LogP contribution is 2.35. The van der Waals surface area contributed by atoms with Gasteiger partial charge >= 0.3 is 0 Å². The lowest BCUT2D eigenvalue weighted by atomic mass is 9.79. The molecule has 0 aromatic heterocycles. The maximum atomic E-state index is 5.81. The molecule has 0 atom stereocenters. The first kappa shape index (κ1) is 7.45. The molecular formula is C8H16N2. The summed E-state index contributed by atoms with van der Waals surface area (Å²) < 4.78 is 0. The minimum atomic E-state index is 0.141. The molecule has 0 spiro atoms. The van der Waals surface area contributed by atoms with Crippen molar-refractivity contribution in [2.75, 3.05) is 0 Å². The Kier molecular flexibility index (Phi) is 1.63. The van der Waals surface area contributed by atoms with Gasteiger partial charge in [-0.15, -0.1) is 0 Å². The van der Waals surface area contributed by atoms with Crippen LogP contribution in [0, 0.1) is 5.41 Å². The maximum absolute atomic E-state index is 5.81. The van der Waals surface area contributed by atoms with Gasteiger partial charge in [-0.25, -0.2) is 0 Å². The zero-order valence-corrected chi connectivity index (χ0v) is 6.78. The lowest BCUT2D eigenvalue weighted by Crippen LogP contribution is -2.28.